The van der Waals surface area contributed by atoms with Gasteiger partial charge >= 0.3 is 7.12 Å². The van der Waals surface area contributed by atoms with Crippen molar-refractivity contribution in [2.24, 2.45) is 5.14 Å². The molecule has 110 valence electrons. The molecule has 2 N–H and O–H groups in total. The highest BCUT2D eigenvalue weighted by Crippen LogP contribution is 2.37. The zero-order valence-corrected chi connectivity index (χ0v) is 13.0. The van der Waals surface area contributed by atoms with E-state index in [0.717, 1.165) is 5.56 Å². The number of sulfonamides is 1. The van der Waals surface area contributed by atoms with Crippen LogP contribution in [0.25, 0.3) is 0 Å². The molecule has 1 aliphatic rings. The summed E-state index contributed by atoms with van der Waals surface area (Å²) >= 11 is 0. The molecule has 0 spiro atoms. The molecule has 1 aromatic rings. The maximum absolute atomic E-state index is 11.2. The van der Waals surface area contributed by atoms with Crippen molar-refractivity contribution >= 4 is 17.1 Å². The molecule has 1 heterocycles. The Morgan fingerprint density at radius 2 is 1.50 bits per heavy atom. The quantitative estimate of drug-likeness (QED) is 0.858. The van der Waals surface area contributed by atoms with Crippen LogP contribution in [0.5, 0.6) is 0 Å². The third-order valence-electron chi connectivity index (χ3n) is 3.96. The minimum atomic E-state index is -3.65. The van der Waals surface area contributed by atoms with Gasteiger partial charge in [-0.3, -0.25) is 0 Å². The van der Waals surface area contributed by atoms with Crippen molar-refractivity contribution in [2.45, 2.75) is 50.1 Å². The molecule has 0 unspecified atom stereocenters. The molecule has 7 heteroatoms. The first-order valence-corrected chi connectivity index (χ1v) is 8.03. The van der Waals surface area contributed by atoms with Crippen molar-refractivity contribution in [3.8, 4) is 0 Å². The molecule has 2 rings (SSSR count). The van der Waals surface area contributed by atoms with Crippen molar-refractivity contribution < 1.29 is 17.7 Å². The van der Waals surface area contributed by atoms with Gasteiger partial charge in [-0.05, 0) is 45.4 Å². The van der Waals surface area contributed by atoms with E-state index in [-0.39, 0.29) is 23.2 Å². The second-order valence-electron chi connectivity index (χ2n) is 6.08. The largest absolute Gasteiger partial charge is 0.462 e. The van der Waals surface area contributed by atoms with Crippen LogP contribution in [0.1, 0.15) is 33.3 Å². The van der Waals surface area contributed by atoms with Gasteiger partial charge in [0.05, 0.1) is 16.1 Å². The van der Waals surface area contributed by atoms with Crippen LogP contribution in [0, 0.1) is 0 Å². The van der Waals surface area contributed by atoms with Gasteiger partial charge in [-0.2, -0.15) is 0 Å². The fraction of sp³-hybridized carbons (Fsp3) is 0.538. The molecule has 20 heavy (non-hydrogen) atoms. The van der Waals surface area contributed by atoms with Crippen molar-refractivity contribution in [2.75, 3.05) is 0 Å². The van der Waals surface area contributed by atoms with Crippen LogP contribution in [-0.4, -0.2) is 26.7 Å². The maximum Gasteiger partial charge on any atom is 0.462 e. The SMILES string of the molecule is CC1(C)OB(Cc2ccc(S(N)(=O)=O)cc2)OC1(C)C. The molecule has 0 amide bonds. The molecular formula is C13H20BNO4S. The van der Waals surface area contributed by atoms with Gasteiger partial charge in [0, 0.05) is 6.32 Å². The third-order valence-corrected chi connectivity index (χ3v) is 4.89. The minimum Gasteiger partial charge on any atom is -0.403 e. The molecule has 1 aromatic carbocycles. The highest BCUT2D eigenvalue weighted by Gasteiger charge is 2.50. The average molecular weight is 297 g/mol. The zero-order valence-electron chi connectivity index (χ0n) is 12.2. The van der Waals surface area contributed by atoms with Crippen molar-refractivity contribution in [1.29, 1.82) is 0 Å². The summed E-state index contributed by atoms with van der Waals surface area (Å²) in [6, 6.07) is 6.45. The molecule has 1 saturated heterocycles. The Balaban J connectivity index is 2.09. The van der Waals surface area contributed by atoms with Gasteiger partial charge in [-0.1, -0.05) is 12.1 Å². The lowest BCUT2D eigenvalue weighted by atomic mass is 9.81. The van der Waals surface area contributed by atoms with E-state index in [1.54, 1.807) is 12.1 Å². The zero-order chi connectivity index (χ0) is 15.2. The second kappa shape index (κ2) is 4.84. The fourth-order valence-corrected chi connectivity index (χ4v) is 2.57. The summed E-state index contributed by atoms with van der Waals surface area (Å²) in [7, 11) is -3.98. The fourth-order valence-electron chi connectivity index (χ4n) is 2.06. The molecule has 0 aromatic heterocycles. The number of primary sulfonamides is 1. The van der Waals surface area contributed by atoms with Gasteiger partial charge in [-0.25, -0.2) is 13.6 Å². The summed E-state index contributed by atoms with van der Waals surface area (Å²) in [5.74, 6) is 0. The molecule has 1 aliphatic heterocycles. The van der Waals surface area contributed by atoms with Gasteiger partial charge < -0.3 is 9.31 Å². The van der Waals surface area contributed by atoms with E-state index in [0.29, 0.717) is 6.32 Å². The second-order valence-corrected chi connectivity index (χ2v) is 7.64. The summed E-state index contributed by atoms with van der Waals surface area (Å²) in [6.07, 6.45) is 0.567. The third kappa shape index (κ3) is 3.06. The van der Waals surface area contributed by atoms with Crippen LogP contribution in [0.4, 0.5) is 0 Å². The molecule has 0 saturated carbocycles. The summed E-state index contributed by atoms with van der Waals surface area (Å²) in [5, 5.41) is 5.06. The van der Waals surface area contributed by atoms with Crippen LogP contribution >= 0.6 is 0 Å². The van der Waals surface area contributed by atoms with E-state index in [4.69, 9.17) is 14.4 Å². The first-order chi connectivity index (χ1) is 9.01. The number of nitrogens with two attached hydrogens (primary N) is 1. The smallest absolute Gasteiger partial charge is 0.403 e. The predicted molar refractivity (Wildman–Crippen MR) is 77.6 cm³/mol. The Morgan fingerprint density at radius 1 is 1.05 bits per heavy atom. The number of hydrogen-bond acceptors (Lipinski definition) is 4. The summed E-state index contributed by atoms with van der Waals surface area (Å²) < 4.78 is 34.2. The topological polar surface area (TPSA) is 78.6 Å². The molecule has 0 atom stereocenters. The van der Waals surface area contributed by atoms with Gasteiger partial charge in [0.2, 0.25) is 10.0 Å². The van der Waals surface area contributed by atoms with Crippen LogP contribution in [0.3, 0.4) is 0 Å². The van der Waals surface area contributed by atoms with Crippen molar-refractivity contribution in [3.05, 3.63) is 29.8 Å². The Morgan fingerprint density at radius 3 is 1.90 bits per heavy atom. The average Bonchev–Trinajstić information content (AvgIpc) is 2.46. The normalized spacial score (nSPS) is 21.1. The monoisotopic (exact) mass is 297 g/mol. The Labute approximate surface area is 120 Å². The van der Waals surface area contributed by atoms with Crippen LogP contribution in [0.15, 0.2) is 29.2 Å². The van der Waals surface area contributed by atoms with Crippen LogP contribution < -0.4 is 5.14 Å². The van der Waals surface area contributed by atoms with Crippen molar-refractivity contribution in [3.63, 3.8) is 0 Å². The number of benzene rings is 1. The highest BCUT2D eigenvalue weighted by atomic mass is 32.2. The number of rotatable bonds is 3. The first-order valence-electron chi connectivity index (χ1n) is 6.49. The minimum absolute atomic E-state index is 0.107. The lowest BCUT2D eigenvalue weighted by Crippen LogP contribution is -2.41. The summed E-state index contributed by atoms with van der Waals surface area (Å²) in [6.45, 7) is 7.99. The van der Waals surface area contributed by atoms with E-state index in [1.807, 2.05) is 27.7 Å². The van der Waals surface area contributed by atoms with Gasteiger partial charge in [0.1, 0.15) is 0 Å². The van der Waals surface area contributed by atoms with E-state index in [9.17, 15) is 8.42 Å². The standard InChI is InChI=1S/C13H20BNO4S/c1-12(2)13(3,4)19-14(18-12)9-10-5-7-11(8-6-10)20(15,16)17/h5-8H,9H2,1-4H3,(H2,15,16,17). The van der Waals surface area contributed by atoms with Gasteiger partial charge in [0.15, 0.2) is 0 Å². The first kappa shape index (κ1) is 15.5. The van der Waals surface area contributed by atoms with Crippen LogP contribution in [0.2, 0.25) is 0 Å². The Kier molecular flexibility index (Phi) is 3.75. The molecule has 1 fully saturated rings. The van der Waals surface area contributed by atoms with E-state index in [1.165, 1.54) is 12.1 Å². The Bertz CT molecular complexity index is 579. The van der Waals surface area contributed by atoms with E-state index >= 15 is 0 Å². The lowest BCUT2D eigenvalue weighted by molar-refractivity contribution is 0.00578. The summed E-state index contributed by atoms with van der Waals surface area (Å²) in [4.78, 5) is 0.107. The molecule has 0 aliphatic carbocycles. The molecule has 5 nitrogen and oxygen atoms in total. The molecule has 0 bridgehead atoms. The van der Waals surface area contributed by atoms with Crippen LogP contribution in [-0.2, 0) is 25.7 Å². The number of hydrogen-bond donors (Lipinski definition) is 1. The maximum atomic E-state index is 11.2. The van der Waals surface area contributed by atoms with E-state index < -0.39 is 10.0 Å². The van der Waals surface area contributed by atoms with Gasteiger partial charge in [-0.15, -0.1) is 0 Å². The van der Waals surface area contributed by atoms with E-state index in [2.05, 4.69) is 0 Å². The summed E-state index contributed by atoms with van der Waals surface area (Å²) in [5.41, 5.74) is 0.215. The Hall–Kier alpha value is -0.885. The lowest BCUT2D eigenvalue weighted by Gasteiger charge is -2.32. The highest BCUT2D eigenvalue weighted by molar-refractivity contribution is 7.89. The predicted octanol–water partition coefficient (Wildman–Crippen LogP) is 1.51. The van der Waals surface area contributed by atoms with Gasteiger partial charge in [0.25, 0.3) is 0 Å². The molecule has 0 radical (unpaired) electrons. The van der Waals surface area contributed by atoms with Crippen molar-refractivity contribution in [1.82, 2.24) is 0 Å². The molecular weight excluding hydrogens is 277 g/mol.